The monoisotopic (exact) mass is 352 g/mol. The number of ether oxygens (including phenoxy) is 2. The van der Waals surface area contributed by atoms with Crippen LogP contribution in [0.5, 0.6) is 11.5 Å². The molecule has 1 unspecified atom stereocenters. The van der Waals surface area contributed by atoms with E-state index in [9.17, 15) is 9.59 Å². The van der Waals surface area contributed by atoms with E-state index in [0.717, 1.165) is 0 Å². The van der Waals surface area contributed by atoms with Crippen molar-refractivity contribution in [3.05, 3.63) is 70.7 Å². The lowest BCUT2D eigenvalue weighted by molar-refractivity contribution is 0.0788. The van der Waals surface area contributed by atoms with Gasteiger partial charge in [-0.2, -0.15) is 0 Å². The number of amides is 1. The van der Waals surface area contributed by atoms with Gasteiger partial charge in [-0.15, -0.1) is 0 Å². The second kappa shape index (κ2) is 6.79. The molecular weight excluding hydrogens is 336 g/mol. The molecule has 0 saturated heterocycles. The number of aromatic nitrogens is 1. The summed E-state index contributed by atoms with van der Waals surface area (Å²) in [7, 11) is 0. The molecule has 0 radical (unpaired) electrons. The van der Waals surface area contributed by atoms with Gasteiger partial charge in [0.25, 0.3) is 11.5 Å². The van der Waals surface area contributed by atoms with Gasteiger partial charge in [-0.25, -0.2) is 0 Å². The van der Waals surface area contributed by atoms with Crippen molar-refractivity contribution in [3.63, 3.8) is 0 Å². The van der Waals surface area contributed by atoms with Crippen molar-refractivity contribution in [2.24, 2.45) is 0 Å². The zero-order valence-electron chi connectivity index (χ0n) is 13.7. The van der Waals surface area contributed by atoms with Crippen molar-refractivity contribution in [1.82, 2.24) is 10.3 Å². The highest BCUT2D eigenvalue weighted by atomic mass is 16.6. The first-order chi connectivity index (χ1) is 12.7. The van der Waals surface area contributed by atoms with E-state index in [1.165, 1.54) is 12.3 Å². The fraction of sp³-hybridized carbons (Fsp3) is 0.158. The Kier molecular flexibility index (Phi) is 4.18. The second-order valence-corrected chi connectivity index (χ2v) is 5.80. The average molecular weight is 352 g/mol. The number of fused-ring (bicyclic) bond motifs is 1. The van der Waals surface area contributed by atoms with Crippen LogP contribution in [-0.2, 0) is 0 Å². The Bertz CT molecular complexity index is 978. The summed E-state index contributed by atoms with van der Waals surface area (Å²) < 4.78 is 16.6. The number of H-pyrrole nitrogens is 1. The van der Waals surface area contributed by atoms with E-state index in [1.807, 2.05) is 18.2 Å². The summed E-state index contributed by atoms with van der Waals surface area (Å²) in [4.78, 5) is 27.1. The van der Waals surface area contributed by atoms with E-state index in [2.05, 4.69) is 10.3 Å². The highest BCUT2D eigenvalue weighted by Gasteiger charge is 2.22. The summed E-state index contributed by atoms with van der Waals surface area (Å²) in [6, 6.07) is 13.9. The summed E-state index contributed by atoms with van der Waals surface area (Å²) in [6.45, 7) is 0.553. The Morgan fingerprint density at radius 2 is 1.96 bits per heavy atom. The molecule has 1 aromatic carbocycles. The first-order valence-corrected chi connectivity index (χ1v) is 8.14. The molecule has 3 aromatic rings. The lowest BCUT2D eigenvalue weighted by Crippen LogP contribution is -2.41. The van der Waals surface area contributed by atoms with Gasteiger partial charge >= 0.3 is 0 Å². The standard InChI is InChI=1S/C19H16N2O5/c22-18(13-7-8-14(21-19(13)23)15-6-3-9-24-15)20-10-12-11-25-16-4-1-2-5-17(16)26-12/h1-9,12H,10-11H2,(H,20,22)(H,21,23). The van der Waals surface area contributed by atoms with Gasteiger partial charge in [0.15, 0.2) is 11.5 Å². The van der Waals surface area contributed by atoms with Crippen molar-refractivity contribution in [1.29, 1.82) is 0 Å². The number of nitrogens with one attached hydrogen (secondary N) is 2. The van der Waals surface area contributed by atoms with Crippen LogP contribution < -0.4 is 20.3 Å². The van der Waals surface area contributed by atoms with E-state index < -0.39 is 11.5 Å². The van der Waals surface area contributed by atoms with Crippen LogP contribution in [0.2, 0.25) is 0 Å². The van der Waals surface area contributed by atoms with E-state index in [1.54, 1.807) is 24.3 Å². The van der Waals surface area contributed by atoms with Crippen LogP contribution in [0.25, 0.3) is 11.5 Å². The number of benzene rings is 1. The summed E-state index contributed by atoms with van der Waals surface area (Å²) in [5.74, 6) is 1.37. The topological polar surface area (TPSA) is 93.6 Å². The molecule has 7 nitrogen and oxygen atoms in total. The second-order valence-electron chi connectivity index (χ2n) is 5.80. The number of rotatable bonds is 4. The van der Waals surface area contributed by atoms with Crippen LogP contribution in [0.15, 0.2) is 64.0 Å². The van der Waals surface area contributed by atoms with Crippen LogP contribution in [0, 0.1) is 0 Å². The third-order valence-electron chi connectivity index (χ3n) is 4.00. The first-order valence-electron chi connectivity index (χ1n) is 8.14. The summed E-state index contributed by atoms with van der Waals surface area (Å²) in [5, 5.41) is 2.71. The highest BCUT2D eigenvalue weighted by Crippen LogP contribution is 2.30. The summed E-state index contributed by atoms with van der Waals surface area (Å²) in [6.07, 6.45) is 1.19. The third kappa shape index (κ3) is 3.19. The van der Waals surface area contributed by atoms with Crippen molar-refractivity contribution in [3.8, 4) is 23.0 Å². The lowest BCUT2D eigenvalue weighted by Gasteiger charge is -2.26. The van der Waals surface area contributed by atoms with E-state index in [0.29, 0.717) is 29.6 Å². The Hall–Kier alpha value is -3.48. The quantitative estimate of drug-likeness (QED) is 0.751. The number of furan rings is 1. The molecule has 4 rings (SSSR count). The SMILES string of the molecule is O=C(NCC1COc2ccccc2O1)c1ccc(-c2ccco2)[nH]c1=O. The number of carbonyl (C=O) groups excluding carboxylic acids is 1. The fourth-order valence-corrected chi connectivity index (χ4v) is 2.69. The molecule has 0 bridgehead atoms. The van der Waals surface area contributed by atoms with Gasteiger partial charge in [-0.05, 0) is 36.4 Å². The number of pyridine rings is 1. The molecule has 2 N–H and O–H groups in total. The zero-order valence-corrected chi connectivity index (χ0v) is 13.7. The van der Waals surface area contributed by atoms with Crippen LogP contribution in [0.3, 0.4) is 0 Å². The molecule has 1 aliphatic rings. The number of hydrogen-bond donors (Lipinski definition) is 2. The van der Waals surface area contributed by atoms with Gasteiger partial charge in [0.05, 0.1) is 18.5 Å². The van der Waals surface area contributed by atoms with Gasteiger partial charge in [0, 0.05) is 0 Å². The number of hydrogen-bond acceptors (Lipinski definition) is 5. The Morgan fingerprint density at radius 1 is 1.12 bits per heavy atom. The van der Waals surface area contributed by atoms with Crippen LogP contribution in [-0.4, -0.2) is 30.1 Å². The minimum atomic E-state index is -0.484. The predicted octanol–water partition coefficient (Wildman–Crippen LogP) is 2.20. The van der Waals surface area contributed by atoms with E-state index in [-0.39, 0.29) is 18.2 Å². The van der Waals surface area contributed by atoms with Gasteiger partial charge in [0.2, 0.25) is 0 Å². The molecule has 7 heteroatoms. The molecular formula is C19H16N2O5. The molecule has 2 aromatic heterocycles. The molecule has 1 aliphatic heterocycles. The normalized spacial score (nSPS) is 15.5. The predicted molar refractivity (Wildman–Crippen MR) is 93.5 cm³/mol. The molecule has 26 heavy (non-hydrogen) atoms. The van der Waals surface area contributed by atoms with Gasteiger partial charge < -0.3 is 24.2 Å². The van der Waals surface area contributed by atoms with Crippen LogP contribution in [0.4, 0.5) is 0 Å². The van der Waals surface area contributed by atoms with Crippen molar-refractivity contribution < 1.29 is 18.7 Å². The first kappa shape index (κ1) is 16.0. The maximum Gasteiger partial charge on any atom is 0.261 e. The minimum Gasteiger partial charge on any atom is -0.486 e. The molecule has 1 atom stereocenters. The number of aromatic amines is 1. The molecule has 0 saturated carbocycles. The van der Waals surface area contributed by atoms with Gasteiger partial charge in [0.1, 0.15) is 24.0 Å². The van der Waals surface area contributed by atoms with Crippen molar-refractivity contribution in [2.75, 3.05) is 13.2 Å². The number of carbonyl (C=O) groups is 1. The molecule has 0 fully saturated rings. The Morgan fingerprint density at radius 3 is 2.73 bits per heavy atom. The third-order valence-corrected chi connectivity index (χ3v) is 4.00. The van der Waals surface area contributed by atoms with Crippen LogP contribution in [0.1, 0.15) is 10.4 Å². The molecule has 0 aliphatic carbocycles. The van der Waals surface area contributed by atoms with Crippen molar-refractivity contribution in [2.45, 2.75) is 6.10 Å². The van der Waals surface area contributed by atoms with E-state index >= 15 is 0 Å². The molecule has 1 amide bonds. The fourth-order valence-electron chi connectivity index (χ4n) is 2.69. The van der Waals surface area contributed by atoms with Crippen LogP contribution >= 0.6 is 0 Å². The van der Waals surface area contributed by atoms with Gasteiger partial charge in [-0.3, -0.25) is 9.59 Å². The minimum absolute atomic E-state index is 0.0254. The Balaban J connectivity index is 1.40. The van der Waals surface area contributed by atoms with Crippen molar-refractivity contribution >= 4 is 5.91 Å². The lowest BCUT2D eigenvalue weighted by atomic mass is 10.2. The maximum atomic E-state index is 12.3. The van der Waals surface area contributed by atoms with E-state index in [4.69, 9.17) is 13.9 Å². The largest absolute Gasteiger partial charge is 0.486 e. The summed E-state index contributed by atoms with van der Waals surface area (Å²) in [5.41, 5.74) is 0.0529. The van der Waals surface area contributed by atoms with Gasteiger partial charge in [-0.1, -0.05) is 12.1 Å². The molecule has 0 spiro atoms. The average Bonchev–Trinajstić information content (AvgIpc) is 3.20. The highest BCUT2D eigenvalue weighted by molar-refractivity contribution is 5.94. The molecule has 132 valence electrons. The maximum absolute atomic E-state index is 12.3. The number of para-hydroxylation sites is 2. The smallest absolute Gasteiger partial charge is 0.261 e. The Labute approximate surface area is 148 Å². The summed E-state index contributed by atoms with van der Waals surface area (Å²) >= 11 is 0. The zero-order chi connectivity index (χ0) is 17.9. The molecule has 3 heterocycles.